The molecule has 118 valence electrons. The molecule has 2 aromatic rings. The van der Waals surface area contributed by atoms with Crippen molar-refractivity contribution in [3.8, 4) is 5.75 Å². The van der Waals surface area contributed by atoms with Gasteiger partial charge in [-0.3, -0.25) is 9.88 Å². The molecule has 2 aromatic heterocycles. The quantitative estimate of drug-likeness (QED) is 0.799. The normalized spacial score (nSPS) is 22.1. The van der Waals surface area contributed by atoms with Gasteiger partial charge in [0, 0.05) is 32.8 Å². The fourth-order valence-corrected chi connectivity index (χ4v) is 2.69. The number of nitrogens with zero attached hydrogens (tertiary/aromatic N) is 4. The van der Waals surface area contributed by atoms with Gasteiger partial charge in [0.25, 0.3) is 0 Å². The Balaban J connectivity index is 1.61. The van der Waals surface area contributed by atoms with Crippen LogP contribution >= 0.6 is 0 Å². The average molecular weight is 304 g/mol. The van der Waals surface area contributed by atoms with Crippen molar-refractivity contribution >= 4 is 0 Å². The second-order valence-electron chi connectivity index (χ2n) is 5.41. The van der Waals surface area contributed by atoms with Crippen LogP contribution in [0.3, 0.4) is 0 Å². The van der Waals surface area contributed by atoms with E-state index in [-0.39, 0.29) is 12.1 Å². The lowest BCUT2D eigenvalue weighted by Gasteiger charge is -2.22. The van der Waals surface area contributed by atoms with Gasteiger partial charge in [0.1, 0.15) is 12.4 Å². The van der Waals surface area contributed by atoms with E-state index in [0.717, 1.165) is 18.7 Å². The van der Waals surface area contributed by atoms with E-state index in [9.17, 15) is 0 Å². The molecule has 0 aromatic carbocycles. The molecule has 22 heavy (non-hydrogen) atoms. The summed E-state index contributed by atoms with van der Waals surface area (Å²) >= 11 is 0. The average Bonchev–Trinajstić information content (AvgIpc) is 3.13. The molecule has 3 heterocycles. The number of aromatic nitrogens is 3. The number of hydrogen-bond acceptors (Lipinski definition) is 7. The van der Waals surface area contributed by atoms with Crippen LogP contribution in [-0.2, 0) is 11.3 Å². The van der Waals surface area contributed by atoms with Gasteiger partial charge in [0.05, 0.1) is 18.8 Å². The fourth-order valence-electron chi connectivity index (χ4n) is 2.69. The first-order valence-electron chi connectivity index (χ1n) is 7.33. The topological polar surface area (TPSA) is 73.5 Å². The monoisotopic (exact) mass is 304 g/mol. The summed E-state index contributed by atoms with van der Waals surface area (Å²) < 4.78 is 16.4. The van der Waals surface area contributed by atoms with Gasteiger partial charge in [0.2, 0.25) is 5.89 Å². The van der Waals surface area contributed by atoms with Gasteiger partial charge in [-0.05, 0) is 18.6 Å². The summed E-state index contributed by atoms with van der Waals surface area (Å²) in [5.74, 6) is 2.06. The summed E-state index contributed by atoms with van der Waals surface area (Å²) in [6.07, 6.45) is 4.58. The third kappa shape index (κ3) is 3.61. The van der Waals surface area contributed by atoms with Gasteiger partial charge in [-0.1, -0.05) is 5.16 Å². The molecule has 3 rings (SSSR count). The van der Waals surface area contributed by atoms with Crippen LogP contribution in [0.2, 0.25) is 0 Å². The van der Waals surface area contributed by atoms with Gasteiger partial charge in [-0.15, -0.1) is 0 Å². The number of rotatable bonds is 6. The number of aryl methyl sites for hydroxylation is 1. The minimum absolute atomic E-state index is 0.204. The lowest BCUT2D eigenvalue weighted by Crippen LogP contribution is -2.34. The Morgan fingerprint density at radius 3 is 3.05 bits per heavy atom. The third-order valence-electron chi connectivity index (χ3n) is 3.81. The van der Waals surface area contributed by atoms with E-state index in [4.69, 9.17) is 14.0 Å². The Labute approximate surface area is 129 Å². The van der Waals surface area contributed by atoms with Crippen LogP contribution < -0.4 is 4.74 Å². The molecule has 0 aliphatic carbocycles. The summed E-state index contributed by atoms with van der Waals surface area (Å²) in [6.45, 7) is 3.85. The molecule has 0 amide bonds. The highest BCUT2D eigenvalue weighted by Crippen LogP contribution is 2.22. The summed E-state index contributed by atoms with van der Waals surface area (Å²) in [6, 6.07) is 4.02. The van der Waals surface area contributed by atoms with Gasteiger partial charge >= 0.3 is 0 Å². The van der Waals surface area contributed by atoms with Crippen LogP contribution in [0.4, 0.5) is 0 Å². The summed E-state index contributed by atoms with van der Waals surface area (Å²) in [4.78, 5) is 10.6. The maximum absolute atomic E-state index is 5.83. The van der Waals surface area contributed by atoms with E-state index in [2.05, 4.69) is 20.0 Å². The number of likely N-dealkylation sites (tertiary alicyclic amines) is 1. The first-order valence-corrected chi connectivity index (χ1v) is 7.33. The second kappa shape index (κ2) is 6.85. The molecule has 0 spiro atoms. The van der Waals surface area contributed by atoms with Crippen LogP contribution in [-0.4, -0.2) is 52.4 Å². The zero-order chi connectivity index (χ0) is 15.4. The van der Waals surface area contributed by atoms with E-state index in [1.807, 2.05) is 12.1 Å². The van der Waals surface area contributed by atoms with Crippen molar-refractivity contribution in [1.82, 2.24) is 20.0 Å². The Morgan fingerprint density at radius 2 is 2.36 bits per heavy atom. The zero-order valence-corrected chi connectivity index (χ0v) is 12.8. The molecule has 0 N–H and O–H groups in total. The van der Waals surface area contributed by atoms with E-state index in [1.54, 1.807) is 26.4 Å². The maximum atomic E-state index is 5.83. The molecular weight excluding hydrogens is 284 g/mol. The summed E-state index contributed by atoms with van der Waals surface area (Å²) in [5, 5.41) is 3.96. The first-order chi connectivity index (χ1) is 10.7. The molecule has 1 fully saturated rings. The Hall–Kier alpha value is -1.99. The highest BCUT2D eigenvalue weighted by atomic mass is 16.5. The molecule has 0 saturated carbocycles. The van der Waals surface area contributed by atoms with Crippen LogP contribution in [0.25, 0.3) is 0 Å². The van der Waals surface area contributed by atoms with E-state index in [1.165, 1.54) is 0 Å². The highest BCUT2D eigenvalue weighted by Gasteiger charge is 2.33. The summed E-state index contributed by atoms with van der Waals surface area (Å²) in [7, 11) is 1.74. The van der Waals surface area contributed by atoms with Crippen molar-refractivity contribution in [2.45, 2.75) is 32.0 Å². The summed E-state index contributed by atoms with van der Waals surface area (Å²) in [5.41, 5.74) is 0. The standard InChI is InChI=1S/C15H20N4O3/c1-11-17-15(18-22-11)9-19-8-14(20-2)6-12(19)10-21-13-4-3-5-16-7-13/h3-5,7,12,14H,6,8-10H2,1-2H3/t12-,14+/m0/s1. The maximum Gasteiger partial charge on any atom is 0.223 e. The van der Waals surface area contributed by atoms with Crippen LogP contribution in [0.5, 0.6) is 5.75 Å². The van der Waals surface area contributed by atoms with Crippen LogP contribution in [0.15, 0.2) is 29.0 Å². The fraction of sp³-hybridized carbons (Fsp3) is 0.533. The highest BCUT2D eigenvalue weighted by molar-refractivity contribution is 5.15. The largest absolute Gasteiger partial charge is 0.490 e. The number of hydrogen-bond donors (Lipinski definition) is 0. The molecule has 7 heteroatoms. The minimum atomic E-state index is 0.204. The molecule has 1 saturated heterocycles. The van der Waals surface area contributed by atoms with Gasteiger partial charge < -0.3 is 14.0 Å². The smallest absolute Gasteiger partial charge is 0.223 e. The van der Waals surface area contributed by atoms with E-state index < -0.39 is 0 Å². The Bertz CT molecular complexity index is 589. The Morgan fingerprint density at radius 1 is 1.45 bits per heavy atom. The van der Waals surface area contributed by atoms with E-state index >= 15 is 0 Å². The number of methoxy groups -OCH3 is 1. The lowest BCUT2D eigenvalue weighted by molar-refractivity contribution is 0.106. The molecule has 0 bridgehead atoms. The molecule has 1 aliphatic rings. The minimum Gasteiger partial charge on any atom is -0.490 e. The molecule has 1 aliphatic heterocycles. The molecule has 0 unspecified atom stereocenters. The van der Waals surface area contributed by atoms with Crippen molar-refractivity contribution in [2.24, 2.45) is 0 Å². The molecule has 2 atom stereocenters. The third-order valence-corrected chi connectivity index (χ3v) is 3.81. The number of ether oxygens (including phenoxy) is 2. The number of pyridine rings is 1. The zero-order valence-electron chi connectivity index (χ0n) is 12.8. The van der Waals surface area contributed by atoms with Crippen molar-refractivity contribution in [2.75, 3.05) is 20.3 Å². The van der Waals surface area contributed by atoms with Crippen LogP contribution in [0, 0.1) is 6.92 Å². The first kappa shape index (κ1) is 14.9. The van der Waals surface area contributed by atoms with Crippen molar-refractivity contribution in [3.63, 3.8) is 0 Å². The van der Waals surface area contributed by atoms with Crippen molar-refractivity contribution < 1.29 is 14.0 Å². The van der Waals surface area contributed by atoms with Gasteiger partial charge in [-0.25, -0.2) is 0 Å². The van der Waals surface area contributed by atoms with Crippen molar-refractivity contribution in [3.05, 3.63) is 36.2 Å². The van der Waals surface area contributed by atoms with E-state index in [0.29, 0.717) is 24.9 Å². The SMILES string of the molecule is CO[C@@H]1C[C@@H](COc2cccnc2)N(Cc2noc(C)n2)C1. The second-order valence-corrected chi connectivity index (χ2v) is 5.41. The predicted molar refractivity (Wildman–Crippen MR) is 78.4 cm³/mol. The molecule has 7 nitrogen and oxygen atoms in total. The van der Waals surface area contributed by atoms with Gasteiger partial charge in [0.15, 0.2) is 5.82 Å². The van der Waals surface area contributed by atoms with Gasteiger partial charge in [-0.2, -0.15) is 4.98 Å². The van der Waals surface area contributed by atoms with Crippen molar-refractivity contribution in [1.29, 1.82) is 0 Å². The molecule has 0 radical (unpaired) electrons. The molecular formula is C15H20N4O3. The predicted octanol–water partition coefficient (Wildman–Crippen LogP) is 1.44. The lowest BCUT2D eigenvalue weighted by atomic mass is 10.2. The van der Waals surface area contributed by atoms with Crippen LogP contribution in [0.1, 0.15) is 18.1 Å². The Kier molecular flexibility index (Phi) is 4.65.